The summed E-state index contributed by atoms with van der Waals surface area (Å²) in [6.07, 6.45) is 1.90. The number of hydrogen-bond acceptors (Lipinski definition) is 7. The van der Waals surface area contributed by atoms with Crippen LogP contribution >= 0.6 is 0 Å². The molecule has 3 aromatic rings. The highest BCUT2D eigenvalue weighted by Crippen LogP contribution is 2.28. The fraction of sp³-hybridized carbons (Fsp3) is 0.375. The molecule has 0 spiro atoms. The lowest BCUT2D eigenvalue weighted by atomic mass is 10.0. The molecule has 0 aliphatic rings. The van der Waals surface area contributed by atoms with Crippen molar-refractivity contribution in [3.8, 4) is 0 Å². The molecule has 2 atom stereocenters. The van der Waals surface area contributed by atoms with E-state index in [9.17, 15) is 15.0 Å². The number of benzene rings is 2. The number of aliphatic hydroxyl groups is 2. The van der Waals surface area contributed by atoms with E-state index in [1.54, 1.807) is 33.2 Å². The summed E-state index contributed by atoms with van der Waals surface area (Å²) in [5.41, 5.74) is 10.5. The van der Waals surface area contributed by atoms with Gasteiger partial charge in [0.15, 0.2) is 0 Å². The Morgan fingerprint density at radius 3 is 2.10 bits per heavy atom. The van der Waals surface area contributed by atoms with E-state index in [4.69, 9.17) is 10.5 Å². The number of rotatable bonds is 12. The second kappa shape index (κ2) is 15.0. The van der Waals surface area contributed by atoms with E-state index >= 15 is 0 Å². The van der Waals surface area contributed by atoms with E-state index in [1.165, 1.54) is 0 Å². The van der Waals surface area contributed by atoms with E-state index in [1.807, 2.05) is 60.7 Å². The maximum Gasteiger partial charge on any atom is 0.308 e. The van der Waals surface area contributed by atoms with Crippen molar-refractivity contribution in [2.45, 2.75) is 71.8 Å². The van der Waals surface area contributed by atoms with Crippen LogP contribution in [-0.2, 0) is 16.1 Å². The first-order valence-electron chi connectivity index (χ1n) is 12.9. The van der Waals surface area contributed by atoms with Crippen LogP contribution in [0.1, 0.15) is 64.2 Å². The number of nitrogens with zero attached hydrogens (tertiary/aromatic N) is 2. The van der Waals surface area contributed by atoms with Crippen LogP contribution in [0.3, 0.4) is 0 Å². The number of aromatic nitrogens is 1. The molecule has 0 aliphatic carbocycles. The van der Waals surface area contributed by atoms with Crippen molar-refractivity contribution in [3.63, 3.8) is 0 Å². The predicted molar refractivity (Wildman–Crippen MR) is 157 cm³/mol. The largest absolute Gasteiger partial charge is 0.460 e. The smallest absolute Gasteiger partial charge is 0.308 e. The number of aliphatic hydroxyl groups excluding tert-OH is 2. The zero-order chi connectivity index (χ0) is 27.5. The second-order valence-electron chi connectivity index (χ2n) is 10.4. The molecule has 2 aromatic carbocycles. The van der Waals surface area contributed by atoms with Crippen LogP contribution in [-0.4, -0.2) is 50.4 Å². The predicted octanol–water partition coefficient (Wildman–Crippen LogP) is 5.24. The lowest BCUT2D eigenvalue weighted by molar-refractivity contribution is -0.157. The van der Waals surface area contributed by atoms with E-state index in [2.05, 4.69) is 22.0 Å². The maximum absolute atomic E-state index is 12.1. The Bertz CT molecular complexity index is 1160. The van der Waals surface area contributed by atoms with Crippen molar-refractivity contribution in [1.29, 1.82) is 0 Å². The first-order chi connectivity index (χ1) is 18.1. The minimum atomic E-state index is -0.992. The monoisotopic (exact) mass is 533 g/mol. The third kappa shape index (κ3) is 10.5. The van der Waals surface area contributed by atoms with Crippen molar-refractivity contribution in [3.05, 3.63) is 102 Å². The zero-order valence-corrected chi connectivity index (χ0v) is 22.5. The average Bonchev–Trinajstić information content (AvgIpc) is 2.87. The third-order valence-corrected chi connectivity index (χ3v) is 5.92. The number of hydrogen-bond donors (Lipinski definition) is 3. The molecule has 39 heavy (non-hydrogen) atoms. The van der Waals surface area contributed by atoms with Gasteiger partial charge in [0.25, 0.3) is 0 Å². The Balaban J connectivity index is 0.00000533. The molecule has 0 bridgehead atoms. The van der Waals surface area contributed by atoms with Gasteiger partial charge in [-0.2, -0.15) is 0 Å². The number of pyridine rings is 1. The van der Waals surface area contributed by atoms with Gasteiger partial charge >= 0.3 is 5.97 Å². The van der Waals surface area contributed by atoms with Gasteiger partial charge in [-0.1, -0.05) is 68.1 Å². The molecule has 4 N–H and O–H groups in total. The van der Waals surface area contributed by atoms with Crippen LogP contribution in [0.4, 0.5) is 0 Å². The normalized spacial score (nSPS) is 13.5. The van der Waals surface area contributed by atoms with Gasteiger partial charge in [-0.3, -0.25) is 9.78 Å². The fourth-order valence-corrected chi connectivity index (χ4v) is 4.24. The van der Waals surface area contributed by atoms with E-state index in [-0.39, 0.29) is 20.3 Å². The van der Waals surface area contributed by atoms with Crippen molar-refractivity contribution < 1.29 is 19.7 Å². The summed E-state index contributed by atoms with van der Waals surface area (Å²) in [4.78, 5) is 18.4. The number of esters is 1. The molecule has 210 valence electrons. The standard InChI is InChI=1S/C31H39N3O4.CH4/c1-31(2,3)38-28(37)21-27(36)20-26(35)16-19-34(22-23-10-6-4-7-11-23)30(25-12-8-5-9-13-25)29(32)24-14-17-33-18-15-24;/h4-15,17-18,26-27,35-36H,16,19-22,32H2,1-3H3;1H4/b30-29-;. The first kappa shape index (κ1) is 31.5. The molecule has 2 unspecified atom stereocenters. The minimum absolute atomic E-state index is 0. The highest BCUT2D eigenvalue weighted by Gasteiger charge is 2.23. The highest BCUT2D eigenvalue weighted by molar-refractivity contribution is 5.88. The summed E-state index contributed by atoms with van der Waals surface area (Å²) in [5.74, 6) is -0.484. The molecule has 7 nitrogen and oxygen atoms in total. The topological polar surface area (TPSA) is 109 Å². The Morgan fingerprint density at radius 1 is 0.923 bits per heavy atom. The Hall–Kier alpha value is -3.68. The van der Waals surface area contributed by atoms with Gasteiger partial charge in [0.05, 0.1) is 30.0 Å². The number of ether oxygens (including phenoxy) is 1. The number of nitrogens with two attached hydrogens (primary N) is 1. The van der Waals surface area contributed by atoms with E-state index < -0.39 is 23.8 Å². The summed E-state index contributed by atoms with van der Waals surface area (Å²) < 4.78 is 5.29. The average molecular weight is 534 g/mol. The van der Waals surface area contributed by atoms with Crippen LogP contribution in [0.25, 0.3) is 11.4 Å². The highest BCUT2D eigenvalue weighted by atomic mass is 16.6. The molecule has 0 saturated heterocycles. The molecular weight excluding hydrogens is 490 g/mol. The number of carbonyl (C=O) groups excluding carboxylic acids is 1. The van der Waals surface area contributed by atoms with Crippen molar-refractivity contribution in [2.75, 3.05) is 6.54 Å². The van der Waals surface area contributed by atoms with Crippen LogP contribution in [0, 0.1) is 0 Å². The van der Waals surface area contributed by atoms with Gasteiger partial charge in [-0.25, -0.2) is 0 Å². The molecule has 3 rings (SSSR count). The molecule has 0 radical (unpaired) electrons. The van der Waals surface area contributed by atoms with Crippen molar-refractivity contribution in [1.82, 2.24) is 9.88 Å². The summed E-state index contributed by atoms with van der Waals surface area (Å²) in [5, 5.41) is 21.2. The summed E-state index contributed by atoms with van der Waals surface area (Å²) >= 11 is 0. The van der Waals surface area contributed by atoms with Crippen LogP contribution in [0.5, 0.6) is 0 Å². The lowest BCUT2D eigenvalue weighted by Crippen LogP contribution is -2.30. The minimum Gasteiger partial charge on any atom is -0.460 e. The fourth-order valence-electron chi connectivity index (χ4n) is 4.24. The van der Waals surface area contributed by atoms with Gasteiger partial charge in [-0.15, -0.1) is 0 Å². The maximum atomic E-state index is 12.1. The molecule has 7 heteroatoms. The molecule has 0 saturated carbocycles. The van der Waals surface area contributed by atoms with Crippen LogP contribution < -0.4 is 5.73 Å². The van der Waals surface area contributed by atoms with Crippen molar-refractivity contribution >= 4 is 17.4 Å². The quantitative estimate of drug-likeness (QED) is 0.273. The SMILES string of the molecule is C.CC(C)(C)OC(=O)CC(O)CC(O)CCN(Cc1ccccc1)/C(=C(\N)c1ccncc1)c1ccccc1. The zero-order valence-electron chi connectivity index (χ0n) is 22.5. The van der Waals surface area contributed by atoms with E-state index in [0.29, 0.717) is 25.2 Å². The summed E-state index contributed by atoms with van der Waals surface area (Å²) in [6, 6.07) is 23.8. The Kier molecular flexibility index (Phi) is 12.2. The van der Waals surface area contributed by atoms with Gasteiger partial charge < -0.3 is 25.6 Å². The summed E-state index contributed by atoms with van der Waals surface area (Å²) in [7, 11) is 0. The Morgan fingerprint density at radius 2 is 1.51 bits per heavy atom. The van der Waals surface area contributed by atoms with Gasteiger partial charge in [0, 0.05) is 31.0 Å². The van der Waals surface area contributed by atoms with Crippen molar-refractivity contribution in [2.24, 2.45) is 5.73 Å². The molecular formula is C32H43N3O4. The molecule has 0 amide bonds. The Labute approximate surface area is 233 Å². The van der Waals surface area contributed by atoms with Gasteiger partial charge in [-0.05, 0) is 56.9 Å². The van der Waals surface area contributed by atoms with Crippen LogP contribution in [0.15, 0.2) is 85.2 Å². The molecule has 0 fully saturated rings. The molecule has 0 aliphatic heterocycles. The van der Waals surface area contributed by atoms with Gasteiger partial charge in [0.1, 0.15) is 5.60 Å². The third-order valence-electron chi connectivity index (χ3n) is 5.92. The molecule has 1 aromatic heterocycles. The molecule has 1 heterocycles. The van der Waals surface area contributed by atoms with Crippen LogP contribution in [0.2, 0.25) is 0 Å². The lowest BCUT2D eigenvalue weighted by Gasteiger charge is -2.31. The number of carbonyl (C=O) groups is 1. The summed E-state index contributed by atoms with van der Waals surface area (Å²) in [6.45, 7) is 6.39. The van der Waals surface area contributed by atoms with E-state index in [0.717, 1.165) is 22.4 Å². The first-order valence-corrected chi connectivity index (χ1v) is 12.9. The second-order valence-corrected chi connectivity index (χ2v) is 10.4. The van der Waals surface area contributed by atoms with Gasteiger partial charge in [0.2, 0.25) is 0 Å².